The summed E-state index contributed by atoms with van der Waals surface area (Å²) in [7, 11) is -9.12. The molecule has 2 N–H and O–H groups in total. The molecule has 0 heterocycles. The zero-order valence-electron chi connectivity index (χ0n) is 22.5. The van der Waals surface area contributed by atoms with Crippen LogP contribution in [0.1, 0.15) is 29.2 Å². The minimum atomic E-state index is -4.56. The molecule has 0 amide bonds. The Morgan fingerprint density at radius 3 is 1.16 bits per heavy atom. The van der Waals surface area contributed by atoms with Crippen LogP contribution in [0.25, 0.3) is 0 Å². The van der Waals surface area contributed by atoms with Gasteiger partial charge >= 0.3 is 118 Å². The van der Waals surface area contributed by atoms with Crippen molar-refractivity contribution in [3.05, 3.63) is 70.8 Å². The number of nitrogens with zero attached hydrogens (tertiary/aromatic N) is 1. The average Bonchev–Trinajstić information content (AvgIpc) is 2.76. The van der Waals surface area contributed by atoms with Crippen molar-refractivity contribution in [3.8, 4) is 0 Å². The van der Waals surface area contributed by atoms with E-state index in [1.54, 1.807) is 31.2 Å². The van der Waals surface area contributed by atoms with Gasteiger partial charge in [0.05, 0.1) is 18.8 Å². The van der Waals surface area contributed by atoms with Crippen molar-refractivity contribution in [2.75, 3.05) is 25.5 Å². The van der Waals surface area contributed by atoms with Crippen LogP contribution in [0.15, 0.2) is 48.5 Å². The van der Waals surface area contributed by atoms with Gasteiger partial charge in [0.2, 0.25) is 0 Å². The molecule has 15 heteroatoms. The summed E-state index contributed by atoms with van der Waals surface area (Å²) in [6, 6.07) is 14.2. The predicted octanol–water partition coefficient (Wildman–Crippen LogP) is -12.6. The van der Waals surface area contributed by atoms with Crippen LogP contribution in [0.2, 0.25) is 0 Å². The van der Waals surface area contributed by atoms with E-state index in [-0.39, 0.29) is 144 Å². The molecule has 0 bridgehead atoms. The van der Waals surface area contributed by atoms with Gasteiger partial charge in [-0.05, 0) is 54.3 Å². The van der Waals surface area contributed by atoms with E-state index in [2.05, 4.69) is 0 Å². The molecule has 0 saturated heterocycles. The van der Waals surface area contributed by atoms with Gasteiger partial charge in [0.15, 0.2) is 0 Å². The van der Waals surface area contributed by atoms with E-state index in [9.17, 15) is 38.9 Å². The zero-order chi connectivity index (χ0) is 24.7. The minimum absolute atomic E-state index is 0. The fraction of sp³-hybridized carbons (Fsp3) is 0.455. The van der Waals surface area contributed by atoms with Crippen molar-refractivity contribution >= 4 is 15.2 Å². The number of hydrogen-bond donors (Lipinski definition) is 2. The second-order valence-electron chi connectivity index (χ2n) is 8.47. The van der Waals surface area contributed by atoms with Gasteiger partial charge in [-0.15, -0.1) is 0 Å². The number of aliphatic hydroxyl groups excluding tert-OH is 2. The summed E-state index contributed by atoms with van der Waals surface area (Å²) in [5.41, 5.74) is 2.27. The van der Waals surface area contributed by atoms with Crippen molar-refractivity contribution in [1.82, 2.24) is 4.90 Å². The SMILES string of the molecule is CC(CO)(CO)N(Cc1ccc(CCP(=O)([O-])[O-])cc1)Cc1ccc(CCP(=O)([O-])[O-])cc1.[Na+].[Na+].[Na+].[Na+]. The number of aryl methyl sites for hydroxylation is 2. The van der Waals surface area contributed by atoms with Gasteiger partial charge in [-0.25, -0.2) is 0 Å². The fourth-order valence-corrected chi connectivity index (χ4v) is 4.35. The molecule has 0 aliphatic rings. The Labute approximate surface area is 307 Å². The van der Waals surface area contributed by atoms with Gasteiger partial charge in [-0.1, -0.05) is 63.7 Å². The Morgan fingerprint density at radius 1 is 0.649 bits per heavy atom. The largest absolute Gasteiger partial charge is 1.00 e. The fourth-order valence-electron chi connectivity index (χ4n) is 3.28. The molecule has 184 valence electrons. The second-order valence-corrected chi connectivity index (χ2v) is 11.8. The van der Waals surface area contributed by atoms with Gasteiger partial charge in [0.25, 0.3) is 0 Å². The van der Waals surface area contributed by atoms with E-state index in [0.29, 0.717) is 13.1 Å². The zero-order valence-corrected chi connectivity index (χ0v) is 32.3. The first-order valence-corrected chi connectivity index (χ1v) is 13.9. The standard InChI is InChI=1S/C22H33NO8P2.4Na/c1-22(16-24,17-25)23(14-20-6-2-18(3-7-20)10-12-32(26,27)28)15-21-8-4-19(5-9-21)11-13-33(29,30)31;;;;/h2-9,24-25H,10-17H2,1H3,(H2,26,27,28)(H2,29,30,31);;;;/q;4*+1/p-4. The number of rotatable bonds is 13. The summed E-state index contributed by atoms with van der Waals surface area (Å²) < 4.78 is 21.7. The van der Waals surface area contributed by atoms with Crippen molar-refractivity contribution < 1.29 is 157 Å². The minimum Gasteiger partial charge on any atom is -0.811 e. The topological polar surface area (TPSA) is 170 Å². The summed E-state index contributed by atoms with van der Waals surface area (Å²) in [5, 5.41) is 19.8. The van der Waals surface area contributed by atoms with E-state index in [0.717, 1.165) is 22.3 Å². The summed E-state index contributed by atoms with van der Waals surface area (Å²) in [6.45, 7) is 1.93. The van der Waals surface area contributed by atoms with Gasteiger partial charge in [0.1, 0.15) is 0 Å². The summed E-state index contributed by atoms with van der Waals surface area (Å²) >= 11 is 0. The Morgan fingerprint density at radius 2 is 0.919 bits per heavy atom. The number of benzene rings is 2. The van der Waals surface area contributed by atoms with Gasteiger partial charge < -0.3 is 38.9 Å². The third kappa shape index (κ3) is 17.4. The molecule has 0 atom stereocenters. The van der Waals surface area contributed by atoms with Crippen molar-refractivity contribution in [2.45, 2.75) is 38.4 Å². The smallest absolute Gasteiger partial charge is 0.811 e. The molecule has 0 unspecified atom stereocenters. The van der Waals surface area contributed by atoms with Gasteiger partial charge in [0, 0.05) is 13.1 Å². The molecule has 0 spiro atoms. The Bertz CT molecular complexity index is 912. The maximum Gasteiger partial charge on any atom is 1.00 e. The molecular formula is C22H29NNa4O8P2. The molecule has 2 aromatic rings. The van der Waals surface area contributed by atoms with Crippen LogP contribution in [-0.4, -0.2) is 46.2 Å². The average molecular weight is 589 g/mol. The van der Waals surface area contributed by atoms with Crippen LogP contribution >= 0.6 is 15.2 Å². The molecule has 0 radical (unpaired) electrons. The first kappa shape index (κ1) is 44.1. The summed E-state index contributed by atoms with van der Waals surface area (Å²) in [4.78, 5) is 45.3. The summed E-state index contributed by atoms with van der Waals surface area (Å²) in [6.07, 6.45) is -0.606. The third-order valence-electron chi connectivity index (χ3n) is 5.59. The van der Waals surface area contributed by atoms with Crippen LogP contribution in [0.4, 0.5) is 0 Å². The van der Waals surface area contributed by atoms with Crippen molar-refractivity contribution in [1.29, 1.82) is 0 Å². The van der Waals surface area contributed by atoms with E-state index in [4.69, 9.17) is 0 Å². The molecule has 0 aliphatic carbocycles. The predicted molar refractivity (Wildman–Crippen MR) is 117 cm³/mol. The molecule has 2 rings (SSSR count). The van der Waals surface area contributed by atoms with Crippen LogP contribution in [0.5, 0.6) is 0 Å². The van der Waals surface area contributed by atoms with Crippen molar-refractivity contribution in [2.24, 2.45) is 0 Å². The van der Waals surface area contributed by atoms with E-state index in [1.165, 1.54) is 0 Å². The maximum absolute atomic E-state index is 10.8. The normalized spacial score (nSPS) is 11.6. The van der Waals surface area contributed by atoms with E-state index < -0.39 is 33.1 Å². The van der Waals surface area contributed by atoms with Gasteiger partial charge in [-0.3, -0.25) is 4.90 Å². The van der Waals surface area contributed by atoms with Crippen LogP contribution in [0.3, 0.4) is 0 Å². The molecular weight excluding hydrogens is 560 g/mol. The quantitative estimate of drug-likeness (QED) is 0.170. The van der Waals surface area contributed by atoms with Crippen LogP contribution in [-0.2, 0) is 35.1 Å². The number of aliphatic hydroxyl groups is 2. The number of hydrogen-bond acceptors (Lipinski definition) is 9. The van der Waals surface area contributed by atoms with E-state index in [1.807, 2.05) is 29.2 Å². The van der Waals surface area contributed by atoms with Crippen molar-refractivity contribution in [3.63, 3.8) is 0 Å². The Kier molecular flexibility index (Phi) is 24.4. The molecule has 0 fully saturated rings. The first-order chi connectivity index (χ1) is 15.3. The summed E-state index contributed by atoms with van der Waals surface area (Å²) in [5.74, 6) is 0. The molecule has 0 aromatic heterocycles. The van der Waals surface area contributed by atoms with Crippen LogP contribution < -0.4 is 138 Å². The molecule has 0 aliphatic heterocycles. The molecule has 0 saturated carbocycles. The second kappa shape index (κ2) is 20.5. The van der Waals surface area contributed by atoms with E-state index >= 15 is 0 Å². The Hall–Kier alpha value is 2.62. The van der Waals surface area contributed by atoms with Gasteiger partial charge in [-0.2, -0.15) is 0 Å². The maximum atomic E-state index is 10.8. The molecule has 9 nitrogen and oxygen atoms in total. The monoisotopic (exact) mass is 589 g/mol. The van der Waals surface area contributed by atoms with Crippen LogP contribution in [0, 0.1) is 0 Å². The first-order valence-electron chi connectivity index (χ1n) is 10.5. The third-order valence-corrected chi connectivity index (χ3v) is 7.13. The molecule has 2 aromatic carbocycles. The molecule has 37 heavy (non-hydrogen) atoms. The Balaban J connectivity index is -0.00000289.